The number of benzene rings is 1. The van der Waals surface area contributed by atoms with E-state index in [0.717, 1.165) is 17.9 Å². The van der Waals surface area contributed by atoms with E-state index >= 15 is 0 Å². The van der Waals surface area contributed by atoms with E-state index < -0.39 is 0 Å². The van der Waals surface area contributed by atoms with Crippen molar-refractivity contribution in [1.82, 2.24) is 0 Å². The molecule has 0 bridgehead atoms. The molecule has 0 fully saturated rings. The van der Waals surface area contributed by atoms with E-state index in [4.69, 9.17) is 5.73 Å². The predicted molar refractivity (Wildman–Crippen MR) is 53.0 cm³/mol. The maximum absolute atomic E-state index is 5.03. The highest BCUT2D eigenvalue weighted by atomic mass is 32.1. The first kappa shape index (κ1) is 10.5. The van der Waals surface area contributed by atoms with Crippen LogP contribution in [0.2, 0.25) is 0 Å². The van der Waals surface area contributed by atoms with Crippen LogP contribution in [0.5, 0.6) is 0 Å². The third-order valence-corrected chi connectivity index (χ3v) is 1.34. The Morgan fingerprint density at radius 1 is 1.27 bits per heavy atom. The van der Waals surface area contributed by atoms with Crippen molar-refractivity contribution in [3.63, 3.8) is 0 Å². The topological polar surface area (TPSA) is 26.0 Å². The van der Waals surface area contributed by atoms with Gasteiger partial charge in [0.2, 0.25) is 0 Å². The molecule has 0 unspecified atom stereocenters. The lowest BCUT2D eigenvalue weighted by Crippen LogP contribution is -1.93. The van der Waals surface area contributed by atoms with E-state index in [-0.39, 0.29) is 0 Å². The summed E-state index contributed by atoms with van der Waals surface area (Å²) in [6, 6.07) is 9.79. The standard InChI is InChI=1S/C6H6S.C3H9N/c7-6-4-2-1-3-5-6;1-2-3-4/h1-5,7H;2-4H2,1H3. The molecule has 0 amide bonds. The second-order valence-electron chi connectivity index (χ2n) is 2.12. The van der Waals surface area contributed by atoms with Gasteiger partial charge in [0.1, 0.15) is 0 Å². The van der Waals surface area contributed by atoms with Crippen LogP contribution in [0.1, 0.15) is 13.3 Å². The van der Waals surface area contributed by atoms with Crippen LogP contribution < -0.4 is 5.73 Å². The largest absolute Gasteiger partial charge is 0.330 e. The van der Waals surface area contributed by atoms with Crippen LogP contribution >= 0.6 is 12.6 Å². The van der Waals surface area contributed by atoms with Crippen molar-refractivity contribution in [2.24, 2.45) is 5.73 Å². The Morgan fingerprint density at radius 2 is 1.73 bits per heavy atom. The van der Waals surface area contributed by atoms with Gasteiger partial charge in [-0.3, -0.25) is 0 Å². The molecule has 0 atom stereocenters. The van der Waals surface area contributed by atoms with Crippen molar-refractivity contribution < 1.29 is 0 Å². The molecule has 11 heavy (non-hydrogen) atoms. The maximum atomic E-state index is 5.03. The molecule has 0 aliphatic heterocycles. The van der Waals surface area contributed by atoms with Crippen LogP contribution in [0, 0.1) is 0 Å². The lowest BCUT2D eigenvalue weighted by Gasteiger charge is -1.81. The molecule has 0 saturated carbocycles. The van der Waals surface area contributed by atoms with Gasteiger partial charge in [-0.2, -0.15) is 0 Å². The molecule has 1 aromatic carbocycles. The highest BCUT2D eigenvalue weighted by Gasteiger charge is 1.73. The van der Waals surface area contributed by atoms with Gasteiger partial charge in [-0.05, 0) is 25.1 Å². The van der Waals surface area contributed by atoms with Gasteiger partial charge < -0.3 is 5.73 Å². The zero-order chi connectivity index (χ0) is 8.53. The average molecular weight is 169 g/mol. The molecule has 0 spiro atoms. The van der Waals surface area contributed by atoms with Crippen molar-refractivity contribution in [3.05, 3.63) is 30.3 Å². The predicted octanol–water partition coefficient (Wildman–Crippen LogP) is 2.33. The van der Waals surface area contributed by atoms with Crippen LogP contribution in [-0.2, 0) is 0 Å². The van der Waals surface area contributed by atoms with Crippen LogP contribution in [0.25, 0.3) is 0 Å². The smallest absolute Gasteiger partial charge is 0.00399 e. The summed E-state index contributed by atoms with van der Waals surface area (Å²) in [5.74, 6) is 0. The second kappa shape index (κ2) is 7.63. The van der Waals surface area contributed by atoms with Gasteiger partial charge in [0.05, 0.1) is 0 Å². The molecule has 0 aliphatic rings. The van der Waals surface area contributed by atoms with Crippen molar-refractivity contribution in [3.8, 4) is 0 Å². The molecule has 1 aromatic rings. The van der Waals surface area contributed by atoms with Crippen LogP contribution in [0.15, 0.2) is 35.2 Å². The SMILES string of the molecule is CCCN.Sc1ccccc1. The minimum atomic E-state index is 0.819. The fraction of sp³-hybridized carbons (Fsp3) is 0.333. The van der Waals surface area contributed by atoms with Crippen LogP contribution in [0.4, 0.5) is 0 Å². The van der Waals surface area contributed by atoms with Crippen LogP contribution in [-0.4, -0.2) is 6.54 Å². The van der Waals surface area contributed by atoms with E-state index in [1.807, 2.05) is 30.3 Å². The van der Waals surface area contributed by atoms with Crippen molar-refractivity contribution in [2.45, 2.75) is 18.2 Å². The highest BCUT2D eigenvalue weighted by molar-refractivity contribution is 7.80. The molecule has 1 rings (SSSR count). The molecular weight excluding hydrogens is 154 g/mol. The quantitative estimate of drug-likeness (QED) is 0.620. The Balaban J connectivity index is 0.000000218. The van der Waals surface area contributed by atoms with Crippen molar-refractivity contribution in [2.75, 3.05) is 6.54 Å². The van der Waals surface area contributed by atoms with Crippen molar-refractivity contribution in [1.29, 1.82) is 0 Å². The van der Waals surface area contributed by atoms with Gasteiger partial charge in [0.15, 0.2) is 0 Å². The highest BCUT2D eigenvalue weighted by Crippen LogP contribution is 2.00. The van der Waals surface area contributed by atoms with Crippen LogP contribution in [0.3, 0.4) is 0 Å². The molecule has 62 valence electrons. The Kier molecular flexibility index (Phi) is 7.31. The van der Waals surface area contributed by atoms with E-state index in [1.165, 1.54) is 0 Å². The lowest BCUT2D eigenvalue weighted by atomic mass is 10.4. The lowest BCUT2D eigenvalue weighted by molar-refractivity contribution is 0.932. The van der Waals surface area contributed by atoms with Gasteiger partial charge >= 0.3 is 0 Å². The molecule has 0 saturated heterocycles. The first-order valence-corrected chi connectivity index (χ1v) is 4.20. The minimum absolute atomic E-state index is 0.819. The fourth-order valence-corrected chi connectivity index (χ4v) is 0.600. The number of hydrogen-bond donors (Lipinski definition) is 2. The normalized spacial score (nSPS) is 8.27. The molecular formula is C9H15NS. The van der Waals surface area contributed by atoms with E-state index in [9.17, 15) is 0 Å². The molecule has 0 radical (unpaired) electrons. The van der Waals surface area contributed by atoms with E-state index in [1.54, 1.807) is 0 Å². The van der Waals surface area contributed by atoms with Gasteiger partial charge in [0, 0.05) is 4.90 Å². The summed E-state index contributed by atoms with van der Waals surface area (Å²) in [7, 11) is 0. The average Bonchev–Trinajstić information content (AvgIpc) is 2.07. The Bertz CT molecular complexity index is 160. The second-order valence-corrected chi connectivity index (χ2v) is 2.64. The van der Waals surface area contributed by atoms with Gasteiger partial charge in [-0.25, -0.2) is 0 Å². The monoisotopic (exact) mass is 169 g/mol. The minimum Gasteiger partial charge on any atom is -0.330 e. The summed E-state index contributed by atoms with van der Waals surface area (Å²) >= 11 is 4.08. The fourth-order valence-electron chi connectivity index (χ4n) is 0.428. The Morgan fingerprint density at radius 3 is 1.91 bits per heavy atom. The molecule has 0 aliphatic carbocycles. The summed E-state index contributed by atoms with van der Waals surface area (Å²) in [4.78, 5) is 1.02. The maximum Gasteiger partial charge on any atom is 0.00399 e. The number of thiol groups is 1. The first-order valence-electron chi connectivity index (χ1n) is 3.75. The van der Waals surface area contributed by atoms with E-state index in [2.05, 4.69) is 19.6 Å². The van der Waals surface area contributed by atoms with Gasteiger partial charge in [-0.15, -0.1) is 12.6 Å². The first-order chi connectivity index (χ1) is 5.31. The number of nitrogens with two attached hydrogens (primary N) is 1. The Hall–Kier alpha value is -0.470. The van der Waals surface area contributed by atoms with E-state index in [0.29, 0.717) is 0 Å². The molecule has 0 aromatic heterocycles. The zero-order valence-corrected chi connectivity index (χ0v) is 7.72. The van der Waals surface area contributed by atoms with Crippen molar-refractivity contribution >= 4 is 12.6 Å². The Labute approximate surface area is 74.0 Å². The summed E-state index contributed by atoms with van der Waals surface area (Å²) in [6.07, 6.45) is 1.10. The van der Waals surface area contributed by atoms with Gasteiger partial charge in [-0.1, -0.05) is 25.1 Å². The molecule has 1 nitrogen and oxygen atoms in total. The molecule has 2 N–H and O–H groups in total. The molecule has 2 heteroatoms. The summed E-state index contributed by atoms with van der Waals surface area (Å²) < 4.78 is 0. The number of rotatable bonds is 1. The third kappa shape index (κ3) is 7.43. The third-order valence-electron chi connectivity index (χ3n) is 1.04. The number of hydrogen-bond acceptors (Lipinski definition) is 2. The zero-order valence-electron chi connectivity index (χ0n) is 6.83. The summed E-state index contributed by atoms with van der Waals surface area (Å²) in [5, 5.41) is 0. The summed E-state index contributed by atoms with van der Waals surface area (Å²) in [5.41, 5.74) is 5.03. The van der Waals surface area contributed by atoms with Gasteiger partial charge in [0.25, 0.3) is 0 Å². The summed E-state index contributed by atoms with van der Waals surface area (Å²) in [6.45, 7) is 2.88. The molecule has 0 heterocycles.